The smallest absolute Gasteiger partial charge is 0.237 e. The van der Waals surface area contributed by atoms with Crippen molar-refractivity contribution in [1.82, 2.24) is 9.55 Å². The third-order valence-corrected chi connectivity index (χ3v) is 4.98. The van der Waals surface area contributed by atoms with Gasteiger partial charge in [0.2, 0.25) is 5.91 Å². The van der Waals surface area contributed by atoms with Crippen LogP contribution in [0.15, 0.2) is 53.9 Å². The van der Waals surface area contributed by atoms with Crippen molar-refractivity contribution in [2.24, 2.45) is 0 Å². The number of amides is 1. The molecule has 2 aromatic carbocycles. The lowest BCUT2D eigenvalue weighted by Gasteiger charge is -2.14. The standard InChI is InChI=1S/C19H16F3N3O2S/c1-11(18(26)24-15-8-7-14(20)16(21)17(15)22)28-19-23-9-10-25(19)12-3-5-13(27-2)6-4-12/h3-11H,1-2H3,(H,24,26)/t11-/m0/s1. The molecule has 0 aliphatic carbocycles. The molecule has 0 fully saturated rings. The lowest BCUT2D eigenvalue weighted by molar-refractivity contribution is -0.115. The van der Waals surface area contributed by atoms with Gasteiger partial charge in [-0.15, -0.1) is 0 Å². The molecule has 0 saturated heterocycles. The number of ether oxygens (including phenoxy) is 1. The minimum Gasteiger partial charge on any atom is -0.497 e. The third kappa shape index (κ3) is 4.14. The molecule has 1 heterocycles. The van der Waals surface area contributed by atoms with Crippen molar-refractivity contribution < 1.29 is 22.7 Å². The second-order valence-corrected chi connectivity index (χ2v) is 7.06. The Morgan fingerprint density at radius 2 is 1.86 bits per heavy atom. The fraction of sp³-hybridized carbons (Fsp3) is 0.158. The fourth-order valence-electron chi connectivity index (χ4n) is 2.38. The molecule has 146 valence electrons. The van der Waals surface area contributed by atoms with Gasteiger partial charge in [-0.25, -0.2) is 18.2 Å². The van der Waals surface area contributed by atoms with Gasteiger partial charge in [-0.3, -0.25) is 9.36 Å². The molecular weight excluding hydrogens is 391 g/mol. The molecule has 28 heavy (non-hydrogen) atoms. The molecule has 0 spiro atoms. The molecule has 1 amide bonds. The van der Waals surface area contributed by atoms with E-state index in [0.717, 1.165) is 29.6 Å². The van der Waals surface area contributed by atoms with Gasteiger partial charge in [0.25, 0.3) is 0 Å². The first kappa shape index (κ1) is 19.8. The zero-order valence-electron chi connectivity index (χ0n) is 14.9. The molecule has 0 bridgehead atoms. The molecular formula is C19H16F3N3O2S. The van der Waals surface area contributed by atoms with Gasteiger partial charge in [-0.1, -0.05) is 11.8 Å². The van der Waals surface area contributed by atoms with Gasteiger partial charge in [0, 0.05) is 18.1 Å². The molecule has 9 heteroatoms. The highest BCUT2D eigenvalue weighted by molar-refractivity contribution is 8.00. The summed E-state index contributed by atoms with van der Waals surface area (Å²) in [6.45, 7) is 1.60. The van der Waals surface area contributed by atoms with Crippen LogP contribution in [-0.2, 0) is 4.79 Å². The number of rotatable bonds is 6. The molecule has 0 radical (unpaired) electrons. The molecule has 3 aromatic rings. The molecule has 1 atom stereocenters. The summed E-state index contributed by atoms with van der Waals surface area (Å²) >= 11 is 1.14. The van der Waals surface area contributed by atoms with Gasteiger partial charge in [-0.2, -0.15) is 0 Å². The van der Waals surface area contributed by atoms with Crippen LogP contribution in [0.2, 0.25) is 0 Å². The van der Waals surface area contributed by atoms with Crippen LogP contribution in [0.25, 0.3) is 5.69 Å². The lowest BCUT2D eigenvalue weighted by atomic mass is 10.2. The van der Waals surface area contributed by atoms with Crippen molar-refractivity contribution >= 4 is 23.4 Å². The highest BCUT2D eigenvalue weighted by Crippen LogP contribution is 2.27. The monoisotopic (exact) mass is 407 g/mol. The van der Waals surface area contributed by atoms with Crippen molar-refractivity contribution in [1.29, 1.82) is 0 Å². The summed E-state index contributed by atoms with van der Waals surface area (Å²) in [6, 6.07) is 9.00. The highest BCUT2D eigenvalue weighted by Gasteiger charge is 2.21. The summed E-state index contributed by atoms with van der Waals surface area (Å²) in [4.78, 5) is 16.6. The second kappa shape index (κ2) is 8.39. The number of hydrogen-bond donors (Lipinski definition) is 1. The van der Waals surface area contributed by atoms with Gasteiger partial charge in [0.1, 0.15) is 5.75 Å². The van der Waals surface area contributed by atoms with E-state index in [9.17, 15) is 18.0 Å². The van der Waals surface area contributed by atoms with Crippen molar-refractivity contribution in [3.8, 4) is 11.4 Å². The van der Waals surface area contributed by atoms with Crippen molar-refractivity contribution in [2.45, 2.75) is 17.3 Å². The number of halogens is 3. The van der Waals surface area contributed by atoms with E-state index in [1.807, 2.05) is 12.1 Å². The van der Waals surface area contributed by atoms with Gasteiger partial charge in [-0.05, 0) is 43.3 Å². The van der Waals surface area contributed by atoms with E-state index < -0.39 is 34.3 Å². The summed E-state index contributed by atoms with van der Waals surface area (Å²) in [7, 11) is 1.57. The number of benzene rings is 2. The number of carbonyl (C=O) groups is 1. The molecule has 0 saturated carbocycles. The maximum Gasteiger partial charge on any atom is 0.237 e. The number of methoxy groups -OCH3 is 1. The Labute approximate surface area is 163 Å². The first-order valence-corrected chi connectivity index (χ1v) is 9.07. The van der Waals surface area contributed by atoms with E-state index in [0.29, 0.717) is 10.9 Å². The number of nitrogens with zero attached hydrogens (tertiary/aromatic N) is 2. The topological polar surface area (TPSA) is 56.2 Å². The predicted molar refractivity (Wildman–Crippen MR) is 100 cm³/mol. The fourth-order valence-corrected chi connectivity index (χ4v) is 3.27. The maximum absolute atomic E-state index is 13.7. The molecule has 3 rings (SSSR count). The Hall–Kier alpha value is -2.94. The van der Waals surface area contributed by atoms with E-state index in [2.05, 4.69) is 10.3 Å². The van der Waals surface area contributed by atoms with Crippen molar-refractivity contribution in [3.63, 3.8) is 0 Å². The number of anilines is 1. The maximum atomic E-state index is 13.7. The first-order chi connectivity index (χ1) is 13.4. The summed E-state index contributed by atoms with van der Waals surface area (Å²) in [5.74, 6) is -4.25. The highest BCUT2D eigenvalue weighted by atomic mass is 32.2. The molecule has 1 N–H and O–H groups in total. The van der Waals surface area contributed by atoms with E-state index in [1.165, 1.54) is 0 Å². The zero-order chi connectivity index (χ0) is 20.3. The molecule has 0 aliphatic rings. The number of aromatic nitrogens is 2. The average molecular weight is 407 g/mol. The lowest BCUT2D eigenvalue weighted by Crippen LogP contribution is -2.23. The van der Waals surface area contributed by atoms with E-state index >= 15 is 0 Å². The van der Waals surface area contributed by atoms with E-state index in [1.54, 1.807) is 43.1 Å². The van der Waals surface area contributed by atoms with Gasteiger partial charge in [0.05, 0.1) is 18.0 Å². The molecule has 1 aromatic heterocycles. The van der Waals surface area contributed by atoms with Crippen molar-refractivity contribution in [2.75, 3.05) is 12.4 Å². The van der Waals surface area contributed by atoms with Gasteiger partial charge >= 0.3 is 0 Å². The number of carbonyl (C=O) groups excluding carboxylic acids is 1. The Morgan fingerprint density at radius 1 is 1.14 bits per heavy atom. The van der Waals surface area contributed by atoms with Crippen LogP contribution in [0, 0.1) is 17.5 Å². The average Bonchev–Trinajstić information content (AvgIpc) is 3.16. The largest absolute Gasteiger partial charge is 0.497 e. The quantitative estimate of drug-likeness (QED) is 0.486. The number of thioether (sulfide) groups is 1. The van der Waals surface area contributed by atoms with Crippen LogP contribution in [-0.4, -0.2) is 27.8 Å². The second-order valence-electron chi connectivity index (χ2n) is 5.75. The Balaban J connectivity index is 1.73. The SMILES string of the molecule is COc1ccc(-n2ccnc2S[C@@H](C)C(=O)Nc2ccc(F)c(F)c2F)cc1. The summed E-state index contributed by atoms with van der Waals surface area (Å²) in [5, 5.41) is 2.14. The van der Waals surface area contributed by atoms with Crippen LogP contribution >= 0.6 is 11.8 Å². The molecule has 0 aliphatic heterocycles. The Morgan fingerprint density at radius 3 is 2.54 bits per heavy atom. The first-order valence-electron chi connectivity index (χ1n) is 8.19. The van der Waals surface area contributed by atoms with Crippen LogP contribution < -0.4 is 10.1 Å². The third-order valence-electron chi connectivity index (χ3n) is 3.90. The summed E-state index contributed by atoms with van der Waals surface area (Å²) in [5.41, 5.74) is 0.398. The normalized spacial score (nSPS) is 11.9. The van der Waals surface area contributed by atoms with Gasteiger partial charge < -0.3 is 10.1 Å². The van der Waals surface area contributed by atoms with Crippen molar-refractivity contribution in [3.05, 3.63) is 66.2 Å². The Kier molecular flexibility index (Phi) is 5.93. The number of imidazole rings is 1. The molecule has 0 unspecified atom stereocenters. The minimum atomic E-state index is -1.63. The summed E-state index contributed by atoms with van der Waals surface area (Å²) < 4.78 is 47.0. The van der Waals surface area contributed by atoms with Crippen LogP contribution in [0.3, 0.4) is 0 Å². The number of hydrogen-bond acceptors (Lipinski definition) is 4. The Bertz CT molecular complexity index is 993. The number of nitrogens with one attached hydrogen (secondary N) is 1. The van der Waals surface area contributed by atoms with Gasteiger partial charge in [0.15, 0.2) is 22.6 Å². The van der Waals surface area contributed by atoms with Crippen LogP contribution in [0.1, 0.15) is 6.92 Å². The molecule has 5 nitrogen and oxygen atoms in total. The van der Waals surface area contributed by atoms with Crippen LogP contribution in [0.4, 0.5) is 18.9 Å². The van der Waals surface area contributed by atoms with Crippen LogP contribution in [0.5, 0.6) is 5.75 Å². The predicted octanol–water partition coefficient (Wildman–Crippen LogP) is 4.42. The van der Waals surface area contributed by atoms with E-state index in [-0.39, 0.29) is 0 Å². The summed E-state index contributed by atoms with van der Waals surface area (Å²) in [6.07, 6.45) is 3.33. The zero-order valence-corrected chi connectivity index (χ0v) is 15.8. The minimum absolute atomic E-state index is 0.421. The van der Waals surface area contributed by atoms with E-state index in [4.69, 9.17) is 4.74 Å².